The highest BCUT2D eigenvalue weighted by molar-refractivity contribution is 5.80. The van der Waals surface area contributed by atoms with Crippen LogP contribution in [0.15, 0.2) is 0 Å². The largest absolute Gasteiger partial charge is 0.390 e. The summed E-state index contributed by atoms with van der Waals surface area (Å²) < 4.78 is 0. The minimum absolute atomic E-state index is 0.0281. The summed E-state index contributed by atoms with van der Waals surface area (Å²) in [4.78, 5) is 14.8. The van der Waals surface area contributed by atoms with Gasteiger partial charge < -0.3 is 15.3 Å². The van der Waals surface area contributed by atoms with E-state index in [1.807, 2.05) is 11.9 Å². The summed E-state index contributed by atoms with van der Waals surface area (Å²) in [5.74, 6) is 3.64. The molecule has 2 atom stereocenters. The van der Waals surface area contributed by atoms with Crippen molar-refractivity contribution < 1.29 is 9.90 Å². The van der Waals surface area contributed by atoms with Gasteiger partial charge in [0.15, 0.2) is 0 Å². The molecule has 0 unspecified atom stereocenters. The van der Waals surface area contributed by atoms with Crippen molar-refractivity contribution in [3.05, 3.63) is 0 Å². The van der Waals surface area contributed by atoms with Gasteiger partial charge in [-0.15, -0.1) is 0 Å². The van der Waals surface area contributed by atoms with Crippen molar-refractivity contribution >= 4 is 5.91 Å². The zero-order valence-electron chi connectivity index (χ0n) is 12.3. The van der Waals surface area contributed by atoms with Gasteiger partial charge in [-0.2, -0.15) is 0 Å². The van der Waals surface area contributed by atoms with Crippen molar-refractivity contribution in [2.45, 2.75) is 44.2 Å². The second-order valence-electron chi connectivity index (χ2n) is 7.70. The standard InChI is InChI=1S/C16H26N2O2/c1-18(13-7-17-8-14(13)19)16(20)15-11-3-9-2-10(5-11)6-12(15)4-9/h9-15,17,19H,2-8H2,1H3/t9?,10?,11?,12?,13-,14-,15?/m0/s1. The molecule has 112 valence electrons. The number of aliphatic hydroxyl groups is 1. The quantitative estimate of drug-likeness (QED) is 0.787. The number of rotatable bonds is 2. The Hall–Kier alpha value is -0.610. The molecule has 4 aliphatic carbocycles. The molecule has 0 aromatic heterocycles. The Morgan fingerprint density at radius 2 is 1.65 bits per heavy atom. The molecule has 4 saturated carbocycles. The van der Waals surface area contributed by atoms with Crippen LogP contribution in [0.4, 0.5) is 0 Å². The molecular weight excluding hydrogens is 252 g/mol. The number of likely N-dealkylation sites (N-methyl/N-ethyl adjacent to an activating group) is 1. The van der Waals surface area contributed by atoms with Crippen LogP contribution in [0.5, 0.6) is 0 Å². The van der Waals surface area contributed by atoms with Crippen molar-refractivity contribution in [2.75, 3.05) is 20.1 Å². The van der Waals surface area contributed by atoms with Crippen molar-refractivity contribution in [2.24, 2.45) is 29.6 Å². The van der Waals surface area contributed by atoms with Crippen LogP contribution in [-0.4, -0.2) is 48.2 Å². The number of hydrogen-bond acceptors (Lipinski definition) is 3. The molecular formula is C16H26N2O2. The first kappa shape index (κ1) is 13.1. The van der Waals surface area contributed by atoms with Gasteiger partial charge >= 0.3 is 0 Å². The van der Waals surface area contributed by atoms with E-state index in [4.69, 9.17) is 0 Å². The third-order valence-electron chi connectivity index (χ3n) is 6.51. The third-order valence-corrected chi connectivity index (χ3v) is 6.51. The number of nitrogens with zero attached hydrogens (tertiary/aromatic N) is 1. The zero-order chi connectivity index (χ0) is 13.9. The summed E-state index contributed by atoms with van der Waals surface area (Å²) in [6.45, 7) is 1.35. The highest BCUT2D eigenvalue weighted by Crippen LogP contribution is 2.56. The number of amides is 1. The summed E-state index contributed by atoms with van der Waals surface area (Å²) >= 11 is 0. The average molecular weight is 278 g/mol. The molecule has 20 heavy (non-hydrogen) atoms. The summed E-state index contributed by atoms with van der Waals surface area (Å²) in [6, 6.07) is -0.0281. The maximum atomic E-state index is 13.0. The Kier molecular flexibility index (Phi) is 3.08. The Morgan fingerprint density at radius 3 is 2.15 bits per heavy atom. The van der Waals surface area contributed by atoms with Crippen LogP contribution in [-0.2, 0) is 4.79 Å². The van der Waals surface area contributed by atoms with Crippen LogP contribution in [0, 0.1) is 29.6 Å². The van der Waals surface area contributed by atoms with Crippen LogP contribution in [0.1, 0.15) is 32.1 Å². The van der Waals surface area contributed by atoms with E-state index in [0.29, 0.717) is 24.3 Å². The fourth-order valence-electron chi connectivity index (χ4n) is 5.77. The molecule has 1 aliphatic heterocycles. The molecule has 1 heterocycles. The number of carbonyl (C=O) groups excluding carboxylic acids is 1. The van der Waals surface area contributed by atoms with Gasteiger partial charge in [-0.05, 0) is 55.8 Å². The maximum Gasteiger partial charge on any atom is 0.226 e. The molecule has 0 spiro atoms. The van der Waals surface area contributed by atoms with E-state index in [2.05, 4.69) is 5.32 Å². The first-order valence-electron chi connectivity index (χ1n) is 8.29. The minimum Gasteiger partial charge on any atom is -0.390 e. The molecule has 0 aromatic carbocycles. The predicted octanol–water partition coefficient (Wildman–Crippen LogP) is 0.850. The normalized spacial score (nSPS) is 49.6. The molecule has 4 nitrogen and oxygen atoms in total. The van der Waals surface area contributed by atoms with Gasteiger partial charge in [0.1, 0.15) is 0 Å². The Bertz CT molecular complexity index is 383. The first-order valence-corrected chi connectivity index (χ1v) is 8.29. The minimum atomic E-state index is -0.402. The van der Waals surface area contributed by atoms with Gasteiger partial charge in [-0.25, -0.2) is 0 Å². The second kappa shape index (κ2) is 4.70. The second-order valence-corrected chi connectivity index (χ2v) is 7.70. The van der Waals surface area contributed by atoms with E-state index in [9.17, 15) is 9.90 Å². The van der Waals surface area contributed by atoms with Crippen LogP contribution < -0.4 is 5.32 Å². The third kappa shape index (κ3) is 1.92. The summed E-state index contributed by atoms with van der Waals surface area (Å²) in [5.41, 5.74) is 0. The molecule has 0 radical (unpaired) electrons. The smallest absolute Gasteiger partial charge is 0.226 e. The lowest BCUT2D eigenvalue weighted by Gasteiger charge is -2.54. The van der Waals surface area contributed by atoms with Crippen molar-refractivity contribution in [1.29, 1.82) is 0 Å². The van der Waals surface area contributed by atoms with Gasteiger partial charge in [-0.3, -0.25) is 4.79 Å². The first-order chi connectivity index (χ1) is 9.63. The number of β-amino-alcohol motifs (C(OH)–C–C–N with tert-alkyl or cyclic N) is 1. The number of aliphatic hydroxyl groups excluding tert-OH is 1. The molecule has 5 aliphatic rings. The van der Waals surface area contributed by atoms with E-state index in [1.165, 1.54) is 32.1 Å². The fraction of sp³-hybridized carbons (Fsp3) is 0.938. The lowest BCUT2D eigenvalue weighted by atomic mass is 9.51. The number of hydrogen-bond donors (Lipinski definition) is 2. The van der Waals surface area contributed by atoms with Crippen molar-refractivity contribution in [3.8, 4) is 0 Å². The van der Waals surface area contributed by atoms with Crippen LogP contribution in [0.3, 0.4) is 0 Å². The van der Waals surface area contributed by atoms with Gasteiger partial charge in [0.2, 0.25) is 5.91 Å². The van der Waals surface area contributed by atoms with Crippen LogP contribution in [0.2, 0.25) is 0 Å². The molecule has 5 fully saturated rings. The average Bonchev–Trinajstić information content (AvgIpc) is 2.82. The van der Waals surface area contributed by atoms with Crippen molar-refractivity contribution in [1.82, 2.24) is 10.2 Å². The molecule has 5 rings (SSSR count). The molecule has 4 heteroatoms. The summed E-state index contributed by atoms with van der Waals surface area (Å²) in [6.07, 6.45) is 6.15. The summed E-state index contributed by atoms with van der Waals surface area (Å²) in [5, 5.41) is 13.2. The fourth-order valence-corrected chi connectivity index (χ4v) is 5.77. The van der Waals surface area contributed by atoms with E-state index in [1.54, 1.807) is 0 Å². The monoisotopic (exact) mass is 278 g/mol. The van der Waals surface area contributed by atoms with Gasteiger partial charge in [0, 0.05) is 26.1 Å². The number of carbonyl (C=O) groups is 1. The van der Waals surface area contributed by atoms with Gasteiger partial charge in [0.25, 0.3) is 0 Å². The molecule has 4 bridgehead atoms. The Balaban J connectivity index is 1.51. The SMILES string of the molecule is CN(C(=O)C1C2CC3CC(C2)CC1C3)[C@H]1CNC[C@@H]1O. The predicted molar refractivity (Wildman–Crippen MR) is 76.0 cm³/mol. The van der Waals surface area contributed by atoms with E-state index >= 15 is 0 Å². The topological polar surface area (TPSA) is 52.6 Å². The van der Waals surface area contributed by atoms with Crippen LogP contribution in [0.25, 0.3) is 0 Å². The summed E-state index contributed by atoms with van der Waals surface area (Å²) in [7, 11) is 1.90. The van der Waals surface area contributed by atoms with E-state index in [-0.39, 0.29) is 12.0 Å². The maximum absolute atomic E-state index is 13.0. The molecule has 1 amide bonds. The highest BCUT2D eigenvalue weighted by Gasteiger charge is 2.52. The molecule has 2 N–H and O–H groups in total. The van der Waals surface area contributed by atoms with E-state index in [0.717, 1.165) is 18.4 Å². The highest BCUT2D eigenvalue weighted by atomic mass is 16.3. The van der Waals surface area contributed by atoms with Crippen molar-refractivity contribution in [3.63, 3.8) is 0 Å². The Labute approximate surface area is 120 Å². The molecule has 0 aromatic rings. The molecule has 1 saturated heterocycles. The van der Waals surface area contributed by atoms with E-state index < -0.39 is 6.10 Å². The van der Waals surface area contributed by atoms with Gasteiger partial charge in [-0.1, -0.05) is 0 Å². The number of nitrogens with one attached hydrogen (secondary N) is 1. The van der Waals surface area contributed by atoms with Gasteiger partial charge in [0.05, 0.1) is 12.1 Å². The van der Waals surface area contributed by atoms with Crippen LogP contribution >= 0.6 is 0 Å². The lowest BCUT2D eigenvalue weighted by Crippen LogP contribution is -2.54. The Morgan fingerprint density at radius 1 is 1.05 bits per heavy atom. The lowest BCUT2D eigenvalue weighted by molar-refractivity contribution is -0.151. The zero-order valence-corrected chi connectivity index (χ0v) is 12.3.